The van der Waals surface area contributed by atoms with Gasteiger partial charge in [-0.25, -0.2) is 4.79 Å². The summed E-state index contributed by atoms with van der Waals surface area (Å²) in [4.78, 5) is 35.9. The monoisotopic (exact) mass is 391 g/mol. The van der Waals surface area contributed by atoms with Crippen molar-refractivity contribution in [3.8, 4) is 0 Å². The minimum Gasteiger partial charge on any atom is -0.480 e. The highest BCUT2D eigenvalue weighted by Gasteiger charge is 2.37. The van der Waals surface area contributed by atoms with Gasteiger partial charge in [-0.05, 0) is 44.6 Å². The SMILES string of the molecule is COC(=O)c1cc([N+](=O)[O-])c(C)cc1NC1CC(N(CC(=O)O)CC2CC2)C1. The Hall–Kier alpha value is -2.68. The summed E-state index contributed by atoms with van der Waals surface area (Å²) in [5.41, 5.74) is 0.959. The van der Waals surface area contributed by atoms with Crippen LogP contribution >= 0.6 is 0 Å². The van der Waals surface area contributed by atoms with E-state index in [4.69, 9.17) is 9.84 Å². The van der Waals surface area contributed by atoms with E-state index in [2.05, 4.69) is 5.32 Å². The Morgan fingerprint density at radius 3 is 2.57 bits per heavy atom. The highest BCUT2D eigenvalue weighted by atomic mass is 16.6. The molecule has 0 aliphatic heterocycles. The average Bonchev–Trinajstić information content (AvgIpc) is 3.39. The number of nitro groups is 1. The lowest BCUT2D eigenvalue weighted by Crippen LogP contribution is -2.52. The molecule has 0 atom stereocenters. The predicted molar refractivity (Wildman–Crippen MR) is 102 cm³/mol. The lowest BCUT2D eigenvalue weighted by Gasteiger charge is -2.43. The van der Waals surface area contributed by atoms with Crippen LogP contribution in [0.25, 0.3) is 0 Å². The fourth-order valence-electron chi connectivity index (χ4n) is 3.66. The normalized spacial score (nSPS) is 21.1. The molecule has 28 heavy (non-hydrogen) atoms. The molecule has 2 N–H and O–H groups in total. The number of hydrogen-bond acceptors (Lipinski definition) is 7. The van der Waals surface area contributed by atoms with Crippen LogP contribution in [0, 0.1) is 23.0 Å². The summed E-state index contributed by atoms with van der Waals surface area (Å²) in [5.74, 6) is -0.853. The minimum atomic E-state index is -0.823. The molecule has 2 aliphatic rings. The van der Waals surface area contributed by atoms with E-state index in [1.165, 1.54) is 13.2 Å². The van der Waals surface area contributed by atoms with Gasteiger partial charge in [-0.15, -0.1) is 0 Å². The van der Waals surface area contributed by atoms with Crippen molar-refractivity contribution < 1.29 is 24.4 Å². The number of hydrogen-bond donors (Lipinski definition) is 2. The van der Waals surface area contributed by atoms with Gasteiger partial charge in [-0.3, -0.25) is 19.8 Å². The van der Waals surface area contributed by atoms with Crippen LogP contribution in [0.4, 0.5) is 11.4 Å². The third-order valence-corrected chi connectivity index (χ3v) is 5.46. The van der Waals surface area contributed by atoms with E-state index < -0.39 is 16.9 Å². The number of ether oxygens (including phenoxy) is 1. The van der Waals surface area contributed by atoms with Gasteiger partial charge in [0.05, 0.1) is 24.1 Å². The lowest BCUT2D eigenvalue weighted by molar-refractivity contribution is -0.385. The molecule has 0 heterocycles. The standard InChI is InChI=1S/C19H25N3O6/c1-11-5-16(15(19(25)28-2)8-17(11)22(26)27)20-13-6-14(7-13)21(10-18(23)24)9-12-3-4-12/h5,8,12-14,20H,3-4,6-7,9-10H2,1-2H3,(H,23,24). The van der Waals surface area contributed by atoms with Crippen LogP contribution in [0.15, 0.2) is 12.1 Å². The number of aliphatic carboxylic acids is 1. The first-order valence-corrected chi connectivity index (χ1v) is 9.38. The Kier molecular flexibility index (Phi) is 5.83. The molecule has 2 aliphatic carbocycles. The predicted octanol–water partition coefficient (Wildman–Crippen LogP) is 2.43. The van der Waals surface area contributed by atoms with Gasteiger partial charge < -0.3 is 15.2 Å². The molecule has 0 amide bonds. The number of carbonyl (C=O) groups excluding carboxylic acids is 1. The summed E-state index contributed by atoms with van der Waals surface area (Å²) in [5, 5.41) is 23.6. The number of carboxylic acid groups (broad SMARTS) is 1. The van der Waals surface area contributed by atoms with Crippen molar-refractivity contribution in [2.24, 2.45) is 5.92 Å². The summed E-state index contributed by atoms with van der Waals surface area (Å²) in [6.07, 6.45) is 3.84. The number of rotatable bonds is 9. The second-order valence-electron chi connectivity index (χ2n) is 7.67. The highest BCUT2D eigenvalue weighted by molar-refractivity contribution is 5.96. The van der Waals surface area contributed by atoms with Crippen molar-refractivity contribution in [1.82, 2.24) is 4.90 Å². The van der Waals surface area contributed by atoms with E-state index in [0.717, 1.165) is 32.2 Å². The summed E-state index contributed by atoms with van der Waals surface area (Å²) >= 11 is 0. The maximum atomic E-state index is 12.1. The number of carbonyl (C=O) groups is 2. The number of aryl methyl sites for hydroxylation is 1. The molecule has 0 spiro atoms. The van der Waals surface area contributed by atoms with Gasteiger partial charge in [0.25, 0.3) is 5.69 Å². The van der Waals surface area contributed by atoms with Gasteiger partial charge in [-0.1, -0.05) is 0 Å². The lowest BCUT2D eigenvalue weighted by atomic mass is 9.84. The van der Waals surface area contributed by atoms with Crippen LogP contribution < -0.4 is 5.32 Å². The molecule has 9 heteroatoms. The number of esters is 1. The maximum absolute atomic E-state index is 12.1. The number of nitrogens with zero attached hydrogens (tertiary/aromatic N) is 2. The maximum Gasteiger partial charge on any atom is 0.340 e. The number of nitro benzene ring substituents is 1. The van der Waals surface area contributed by atoms with Gasteiger partial charge in [-0.2, -0.15) is 0 Å². The summed E-state index contributed by atoms with van der Waals surface area (Å²) in [6.45, 7) is 2.48. The third kappa shape index (κ3) is 4.59. The topological polar surface area (TPSA) is 122 Å². The fourth-order valence-corrected chi connectivity index (χ4v) is 3.66. The van der Waals surface area contributed by atoms with Crippen LogP contribution in [-0.2, 0) is 9.53 Å². The molecule has 1 aromatic carbocycles. The fraction of sp³-hybridized carbons (Fsp3) is 0.579. The van der Waals surface area contributed by atoms with E-state index in [0.29, 0.717) is 17.2 Å². The first kappa shape index (κ1) is 20.1. The van der Waals surface area contributed by atoms with Gasteiger partial charge >= 0.3 is 11.9 Å². The second-order valence-corrected chi connectivity index (χ2v) is 7.67. The largest absolute Gasteiger partial charge is 0.480 e. The smallest absolute Gasteiger partial charge is 0.340 e. The molecule has 152 valence electrons. The third-order valence-electron chi connectivity index (χ3n) is 5.46. The zero-order valence-corrected chi connectivity index (χ0v) is 16.0. The minimum absolute atomic E-state index is 0.0396. The molecule has 2 saturated carbocycles. The molecule has 1 aromatic rings. The molecule has 9 nitrogen and oxygen atoms in total. The molecule has 0 saturated heterocycles. The van der Waals surface area contributed by atoms with Gasteiger partial charge in [0, 0.05) is 35.9 Å². The van der Waals surface area contributed by atoms with E-state index >= 15 is 0 Å². The average molecular weight is 391 g/mol. The van der Waals surface area contributed by atoms with Crippen LogP contribution in [-0.4, -0.2) is 59.2 Å². The Bertz CT molecular complexity index is 786. The van der Waals surface area contributed by atoms with E-state index in [-0.39, 0.29) is 29.9 Å². The van der Waals surface area contributed by atoms with Crippen LogP contribution in [0.3, 0.4) is 0 Å². The number of methoxy groups -OCH3 is 1. The Morgan fingerprint density at radius 2 is 2.04 bits per heavy atom. The zero-order valence-electron chi connectivity index (χ0n) is 16.0. The summed E-state index contributed by atoms with van der Waals surface area (Å²) in [7, 11) is 1.23. The highest BCUT2D eigenvalue weighted by Crippen LogP contribution is 2.36. The number of carboxylic acids is 1. The number of nitrogens with one attached hydrogen (secondary N) is 1. The van der Waals surface area contributed by atoms with Crippen molar-refractivity contribution in [3.05, 3.63) is 33.4 Å². The van der Waals surface area contributed by atoms with Crippen molar-refractivity contribution in [2.45, 2.75) is 44.7 Å². The number of benzene rings is 1. The Balaban J connectivity index is 1.68. The molecule has 0 radical (unpaired) electrons. The molecular weight excluding hydrogens is 366 g/mol. The Morgan fingerprint density at radius 1 is 1.36 bits per heavy atom. The quantitative estimate of drug-likeness (QED) is 0.374. The van der Waals surface area contributed by atoms with Crippen molar-refractivity contribution in [1.29, 1.82) is 0 Å². The first-order valence-electron chi connectivity index (χ1n) is 9.38. The molecule has 0 aromatic heterocycles. The summed E-state index contributed by atoms with van der Waals surface area (Å²) < 4.78 is 4.76. The molecule has 0 bridgehead atoms. The van der Waals surface area contributed by atoms with Gasteiger partial charge in [0.15, 0.2) is 0 Å². The molecule has 3 rings (SSSR count). The van der Waals surface area contributed by atoms with Crippen LogP contribution in [0.5, 0.6) is 0 Å². The van der Waals surface area contributed by atoms with E-state index in [1.54, 1.807) is 13.0 Å². The number of anilines is 1. The zero-order chi connectivity index (χ0) is 20.4. The summed E-state index contributed by atoms with van der Waals surface area (Å²) in [6, 6.07) is 3.10. The second kappa shape index (κ2) is 8.14. The van der Waals surface area contributed by atoms with Gasteiger partial charge in [0.1, 0.15) is 0 Å². The van der Waals surface area contributed by atoms with E-state index in [9.17, 15) is 19.7 Å². The Labute approximate surface area is 162 Å². The van der Waals surface area contributed by atoms with Gasteiger partial charge in [0.2, 0.25) is 0 Å². The van der Waals surface area contributed by atoms with Crippen molar-refractivity contribution in [2.75, 3.05) is 25.5 Å². The molecular formula is C19H25N3O6. The van der Waals surface area contributed by atoms with Crippen LogP contribution in [0.2, 0.25) is 0 Å². The van der Waals surface area contributed by atoms with Crippen molar-refractivity contribution >= 4 is 23.3 Å². The first-order chi connectivity index (χ1) is 13.3. The van der Waals surface area contributed by atoms with Crippen molar-refractivity contribution in [3.63, 3.8) is 0 Å². The molecule has 2 fully saturated rings. The van der Waals surface area contributed by atoms with Crippen LogP contribution in [0.1, 0.15) is 41.6 Å². The van der Waals surface area contributed by atoms with E-state index in [1.807, 2.05) is 4.90 Å². The molecule has 0 unspecified atom stereocenters.